The highest BCUT2D eigenvalue weighted by Crippen LogP contribution is 2.26. The van der Waals surface area contributed by atoms with E-state index in [2.05, 4.69) is 14.1 Å². The van der Waals surface area contributed by atoms with Gasteiger partial charge in [-0.25, -0.2) is 0 Å². The molecule has 0 aliphatic rings. The molecule has 1 N–H and O–H groups in total. The predicted octanol–water partition coefficient (Wildman–Crippen LogP) is 5.57. The number of aryl methyl sites for hydroxylation is 1. The fourth-order valence-electron chi connectivity index (χ4n) is 2.64. The van der Waals surface area contributed by atoms with Gasteiger partial charge < -0.3 is 9.73 Å². The van der Waals surface area contributed by atoms with Crippen molar-refractivity contribution in [3.05, 3.63) is 71.0 Å². The first-order valence-corrected chi connectivity index (χ1v) is 9.28. The van der Waals surface area contributed by atoms with Crippen LogP contribution in [-0.2, 0) is 4.79 Å². The lowest BCUT2D eigenvalue weighted by molar-refractivity contribution is -0.111. The molecule has 0 spiro atoms. The van der Waals surface area contributed by atoms with Crippen molar-refractivity contribution >= 4 is 52.0 Å². The summed E-state index contributed by atoms with van der Waals surface area (Å²) in [6.07, 6.45) is 3.06. The number of aromatic nitrogens is 2. The lowest BCUT2D eigenvalue weighted by Crippen LogP contribution is -2.09. The van der Waals surface area contributed by atoms with Gasteiger partial charge in [-0.15, -0.1) is 0 Å². The van der Waals surface area contributed by atoms with E-state index in [0.717, 1.165) is 28.4 Å². The lowest BCUT2D eigenvalue weighted by atomic mass is 10.1. The van der Waals surface area contributed by atoms with Gasteiger partial charge in [-0.2, -0.15) is 8.75 Å². The Bertz CT molecular complexity index is 1150. The number of benzene rings is 2. The highest BCUT2D eigenvalue weighted by molar-refractivity contribution is 7.00. The van der Waals surface area contributed by atoms with Gasteiger partial charge in [0.1, 0.15) is 22.6 Å². The normalized spacial score (nSPS) is 11.3. The van der Waals surface area contributed by atoms with Crippen LogP contribution in [0, 0.1) is 6.92 Å². The molecule has 0 saturated carbocycles. The Balaban J connectivity index is 1.50. The molecule has 1 amide bonds. The van der Waals surface area contributed by atoms with Crippen molar-refractivity contribution in [1.29, 1.82) is 0 Å². The maximum absolute atomic E-state index is 12.3. The Kier molecular flexibility index (Phi) is 4.75. The summed E-state index contributed by atoms with van der Waals surface area (Å²) in [6.45, 7) is 1.92. The van der Waals surface area contributed by atoms with Gasteiger partial charge in [0.05, 0.1) is 17.4 Å². The molecule has 0 radical (unpaired) electrons. The summed E-state index contributed by atoms with van der Waals surface area (Å²) >= 11 is 7.02. The maximum atomic E-state index is 12.3. The van der Waals surface area contributed by atoms with Crippen LogP contribution >= 0.6 is 23.3 Å². The number of nitrogens with one attached hydrogen (secondary N) is 1. The molecule has 0 atom stereocenters. The molecule has 2 aromatic carbocycles. The average molecular weight is 396 g/mol. The van der Waals surface area contributed by atoms with Crippen molar-refractivity contribution in [3.63, 3.8) is 0 Å². The van der Waals surface area contributed by atoms with Crippen LogP contribution < -0.4 is 5.32 Å². The molecule has 0 bridgehead atoms. The van der Waals surface area contributed by atoms with Crippen LogP contribution in [-0.4, -0.2) is 14.7 Å². The number of furan rings is 1. The number of rotatable bonds is 4. The van der Waals surface area contributed by atoms with Crippen LogP contribution in [0.3, 0.4) is 0 Å². The van der Waals surface area contributed by atoms with Crippen molar-refractivity contribution in [2.45, 2.75) is 6.92 Å². The molecular weight excluding hydrogens is 382 g/mol. The molecule has 7 heteroatoms. The van der Waals surface area contributed by atoms with Crippen molar-refractivity contribution in [1.82, 2.24) is 8.75 Å². The Morgan fingerprint density at radius 1 is 1.11 bits per heavy atom. The van der Waals surface area contributed by atoms with Crippen LogP contribution in [0.1, 0.15) is 11.3 Å². The molecule has 2 heterocycles. The lowest BCUT2D eigenvalue weighted by Gasteiger charge is -2.06. The number of nitrogens with zero attached hydrogens (tertiary/aromatic N) is 2. The molecule has 0 saturated heterocycles. The van der Waals surface area contributed by atoms with Gasteiger partial charge >= 0.3 is 0 Å². The van der Waals surface area contributed by atoms with Crippen molar-refractivity contribution in [2.75, 3.05) is 5.32 Å². The van der Waals surface area contributed by atoms with E-state index in [1.54, 1.807) is 18.2 Å². The number of carbonyl (C=O) groups excluding carboxylic acids is 1. The second-order valence-electron chi connectivity index (χ2n) is 5.92. The zero-order chi connectivity index (χ0) is 18.8. The van der Waals surface area contributed by atoms with E-state index < -0.39 is 0 Å². The second kappa shape index (κ2) is 7.34. The molecule has 134 valence electrons. The molecular formula is C20H14ClN3O2S. The summed E-state index contributed by atoms with van der Waals surface area (Å²) in [5.41, 5.74) is 3.99. The number of amides is 1. The fourth-order valence-corrected chi connectivity index (χ4v) is 3.31. The zero-order valence-corrected chi connectivity index (χ0v) is 15.8. The number of fused-ring (bicyclic) bond motifs is 1. The zero-order valence-electron chi connectivity index (χ0n) is 14.3. The minimum atomic E-state index is -0.261. The third kappa shape index (κ3) is 3.77. The molecule has 0 aliphatic heterocycles. The van der Waals surface area contributed by atoms with Gasteiger partial charge in [-0.05, 0) is 61.0 Å². The first kappa shape index (κ1) is 17.5. The number of hydrogen-bond acceptors (Lipinski definition) is 5. The van der Waals surface area contributed by atoms with E-state index in [-0.39, 0.29) is 5.91 Å². The first-order chi connectivity index (χ1) is 13.1. The topological polar surface area (TPSA) is 68.0 Å². The number of hydrogen-bond donors (Lipinski definition) is 1. The standard InChI is InChI=1S/C20H14ClN3O2S/c1-12-2-9-16-20(24-27-23-16)19(12)22-18(25)11-8-15-7-10-17(26-15)13-3-5-14(21)6-4-13/h2-11H,1H3,(H,22,25). The Morgan fingerprint density at radius 3 is 2.74 bits per heavy atom. The fraction of sp³-hybridized carbons (Fsp3) is 0.0500. The smallest absolute Gasteiger partial charge is 0.248 e. The summed E-state index contributed by atoms with van der Waals surface area (Å²) in [7, 11) is 0. The summed E-state index contributed by atoms with van der Waals surface area (Å²) < 4.78 is 14.2. The van der Waals surface area contributed by atoms with Gasteiger partial charge in [0.2, 0.25) is 5.91 Å². The van der Waals surface area contributed by atoms with Gasteiger partial charge in [0.25, 0.3) is 0 Å². The molecule has 0 unspecified atom stereocenters. The molecule has 4 aromatic rings. The summed E-state index contributed by atoms with van der Waals surface area (Å²) in [5, 5.41) is 3.55. The van der Waals surface area contributed by atoms with Gasteiger partial charge in [-0.1, -0.05) is 17.7 Å². The largest absolute Gasteiger partial charge is 0.457 e. The van der Waals surface area contributed by atoms with Crippen molar-refractivity contribution in [2.24, 2.45) is 0 Å². The van der Waals surface area contributed by atoms with E-state index in [4.69, 9.17) is 16.0 Å². The van der Waals surface area contributed by atoms with Crippen LogP contribution in [0.5, 0.6) is 0 Å². The monoisotopic (exact) mass is 395 g/mol. The first-order valence-electron chi connectivity index (χ1n) is 8.17. The quantitative estimate of drug-likeness (QED) is 0.459. The molecule has 4 rings (SSSR count). The number of anilines is 1. The van der Waals surface area contributed by atoms with Gasteiger partial charge in [0, 0.05) is 16.7 Å². The minimum Gasteiger partial charge on any atom is -0.457 e. The van der Waals surface area contributed by atoms with Gasteiger partial charge in [-0.3, -0.25) is 4.79 Å². The van der Waals surface area contributed by atoms with Gasteiger partial charge in [0.15, 0.2) is 0 Å². The van der Waals surface area contributed by atoms with E-state index in [9.17, 15) is 4.79 Å². The average Bonchev–Trinajstić information content (AvgIpc) is 3.32. The molecule has 2 aromatic heterocycles. The van der Waals surface area contributed by atoms with E-state index in [1.165, 1.54) is 6.08 Å². The third-order valence-corrected chi connectivity index (χ3v) is 4.83. The van der Waals surface area contributed by atoms with Crippen molar-refractivity contribution in [3.8, 4) is 11.3 Å². The van der Waals surface area contributed by atoms with E-state index >= 15 is 0 Å². The minimum absolute atomic E-state index is 0.261. The van der Waals surface area contributed by atoms with Crippen molar-refractivity contribution < 1.29 is 9.21 Å². The summed E-state index contributed by atoms with van der Waals surface area (Å²) in [4.78, 5) is 12.3. The summed E-state index contributed by atoms with van der Waals surface area (Å²) in [6, 6.07) is 14.8. The number of carbonyl (C=O) groups is 1. The second-order valence-corrected chi connectivity index (χ2v) is 6.89. The van der Waals surface area contributed by atoms with E-state index in [0.29, 0.717) is 27.7 Å². The van der Waals surface area contributed by atoms with E-state index in [1.807, 2.05) is 43.3 Å². The number of halogens is 1. The third-order valence-electron chi connectivity index (χ3n) is 4.04. The van der Waals surface area contributed by atoms with Crippen LogP contribution in [0.25, 0.3) is 28.4 Å². The van der Waals surface area contributed by atoms with Crippen LogP contribution in [0.4, 0.5) is 5.69 Å². The highest BCUT2D eigenvalue weighted by atomic mass is 35.5. The Labute approximate surface area is 164 Å². The Hall–Kier alpha value is -2.96. The molecule has 27 heavy (non-hydrogen) atoms. The predicted molar refractivity (Wildman–Crippen MR) is 109 cm³/mol. The molecule has 0 fully saturated rings. The molecule has 0 aliphatic carbocycles. The maximum Gasteiger partial charge on any atom is 0.248 e. The highest BCUT2D eigenvalue weighted by Gasteiger charge is 2.10. The van der Waals surface area contributed by atoms with Crippen LogP contribution in [0.2, 0.25) is 5.02 Å². The molecule has 5 nitrogen and oxygen atoms in total. The Morgan fingerprint density at radius 2 is 1.93 bits per heavy atom. The van der Waals surface area contributed by atoms with Crippen LogP contribution in [0.15, 0.2) is 59.0 Å². The SMILES string of the molecule is Cc1ccc2nsnc2c1NC(=O)C=Cc1ccc(-c2ccc(Cl)cc2)o1. The summed E-state index contributed by atoms with van der Waals surface area (Å²) in [5.74, 6) is 1.03.